The molecule has 1 saturated carbocycles. The van der Waals surface area contributed by atoms with Gasteiger partial charge in [-0.2, -0.15) is 8.42 Å². The molecule has 0 bridgehead atoms. The van der Waals surface area contributed by atoms with Crippen molar-refractivity contribution in [1.82, 2.24) is 19.8 Å². The number of anilines is 3. The molecule has 1 fully saturated rings. The van der Waals surface area contributed by atoms with Gasteiger partial charge >= 0.3 is 0 Å². The molecule has 3 aromatic carbocycles. The molecular weight excluding hydrogens is 601 g/mol. The number of nitrogens with zero attached hydrogens (tertiary/aromatic N) is 2. The van der Waals surface area contributed by atoms with Crippen molar-refractivity contribution in [2.45, 2.75) is 38.1 Å². The molecule has 1 aromatic heterocycles. The Morgan fingerprint density at radius 1 is 1.09 bits per heavy atom. The highest BCUT2D eigenvalue weighted by atomic mass is 32.2. The van der Waals surface area contributed by atoms with Gasteiger partial charge in [0.2, 0.25) is 0 Å². The van der Waals surface area contributed by atoms with Crippen molar-refractivity contribution in [3.05, 3.63) is 82.9 Å². The first kappa shape index (κ1) is 31.3. The van der Waals surface area contributed by atoms with E-state index < -0.39 is 33.6 Å². The van der Waals surface area contributed by atoms with E-state index in [1.807, 2.05) is 4.72 Å². The van der Waals surface area contributed by atoms with E-state index in [-0.39, 0.29) is 64.9 Å². The van der Waals surface area contributed by atoms with Crippen LogP contribution < -0.4 is 20.2 Å². The number of aliphatic hydroxyl groups is 1. The highest BCUT2D eigenvalue weighted by Crippen LogP contribution is 2.37. The molecule has 5 rings (SSSR count). The molecule has 1 aliphatic rings. The lowest BCUT2D eigenvalue weighted by Crippen LogP contribution is -2.27. The summed E-state index contributed by atoms with van der Waals surface area (Å²) < 4.78 is 75.8. The van der Waals surface area contributed by atoms with Crippen LogP contribution in [0.4, 0.5) is 30.2 Å². The van der Waals surface area contributed by atoms with Gasteiger partial charge in [0.1, 0.15) is 11.3 Å². The van der Waals surface area contributed by atoms with Gasteiger partial charge in [-0.1, -0.05) is 31.0 Å². The number of imidazole rings is 1. The molecular formula is C29H31F3N6O5S. The maximum absolute atomic E-state index is 16.1. The first-order chi connectivity index (χ1) is 21.1. The second-order valence-corrected chi connectivity index (χ2v) is 11.9. The van der Waals surface area contributed by atoms with Gasteiger partial charge in [-0.3, -0.25) is 14.4 Å². The van der Waals surface area contributed by atoms with Crippen molar-refractivity contribution < 1.29 is 36.3 Å². The summed E-state index contributed by atoms with van der Waals surface area (Å²) >= 11 is 0. The Bertz CT molecular complexity index is 1790. The number of hydrogen-bond donors (Lipinski definition) is 5. The number of aromatic nitrogens is 2. The maximum atomic E-state index is 16.1. The van der Waals surface area contributed by atoms with Gasteiger partial charge in [0.25, 0.3) is 16.1 Å². The van der Waals surface area contributed by atoms with E-state index in [9.17, 15) is 13.2 Å². The van der Waals surface area contributed by atoms with Gasteiger partial charge < -0.3 is 15.0 Å². The molecule has 15 heteroatoms. The van der Waals surface area contributed by atoms with Crippen LogP contribution in [0.3, 0.4) is 0 Å². The summed E-state index contributed by atoms with van der Waals surface area (Å²) in [6, 6.07) is 10.1. The third-order valence-electron chi connectivity index (χ3n) is 7.47. The van der Waals surface area contributed by atoms with Gasteiger partial charge in [-0.05, 0) is 48.6 Å². The van der Waals surface area contributed by atoms with Crippen LogP contribution in [0.15, 0.2) is 48.8 Å². The minimum atomic E-state index is -3.99. The predicted molar refractivity (Wildman–Crippen MR) is 158 cm³/mol. The Morgan fingerprint density at radius 2 is 1.86 bits per heavy atom. The Labute approximate surface area is 251 Å². The summed E-state index contributed by atoms with van der Waals surface area (Å²) in [5, 5.41) is 11.7. The second kappa shape index (κ2) is 13.2. The minimum absolute atomic E-state index is 0.0462. The number of nitrogens with one attached hydrogen (secondary N) is 4. The fourth-order valence-electron chi connectivity index (χ4n) is 5.24. The van der Waals surface area contributed by atoms with Crippen LogP contribution in [0.25, 0.3) is 11.0 Å². The van der Waals surface area contributed by atoms with Crippen LogP contribution in [0.1, 0.15) is 53.1 Å². The Kier molecular flexibility index (Phi) is 9.39. The summed E-state index contributed by atoms with van der Waals surface area (Å²) in [5.41, 5.74) is 1.93. The van der Waals surface area contributed by atoms with Crippen LogP contribution in [-0.4, -0.2) is 49.2 Å². The SMILES string of the molecule is CNS(=O)(=O)Nc1cccc(Cn2cnc3c(F)c(Nc4ccc(C5CCCC5)cc4F)c(C(=O)NOCCO)cc32)c1F. The molecule has 11 nitrogen and oxygen atoms in total. The zero-order valence-corrected chi connectivity index (χ0v) is 24.5. The van der Waals surface area contributed by atoms with Gasteiger partial charge in [0.15, 0.2) is 11.6 Å². The second-order valence-electron chi connectivity index (χ2n) is 10.3. The smallest absolute Gasteiger partial charge is 0.298 e. The molecule has 0 unspecified atom stereocenters. The monoisotopic (exact) mass is 632 g/mol. The van der Waals surface area contributed by atoms with Crippen LogP contribution in [0.5, 0.6) is 0 Å². The van der Waals surface area contributed by atoms with Crippen molar-refractivity contribution >= 4 is 44.2 Å². The van der Waals surface area contributed by atoms with Crippen LogP contribution in [-0.2, 0) is 21.6 Å². The molecule has 1 amide bonds. The van der Waals surface area contributed by atoms with E-state index in [1.54, 1.807) is 6.07 Å². The molecule has 1 heterocycles. The van der Waals surface area contributed by atoms with Gasteiger partial charge in [-0.15, -0.1) is 0 Å². The number of benzene rings is 3. The highest BCUT2D eigenvalue weighted by molar-refractivity contribution is 7.90. The molecule has 44 heavy (non-hydrogen) atoms. The normalized spacial score (nSPS) is 13.8. The third kappa shape index (κ3) is 6.65. The maximum Gasteiger partial charge on any atom is 0.298 e. The van der Waals surface area contributed by atoms with E-state index in [0.717, 1.165) is 31.2 Å². The lowest BCUT2D eigenvalue weighted by Gasteiger charge is -2.17. The van der Waals surface area contributed by atoms with E-state index >= 15 is 13.2 Å². The van der Waals surface area contributed by atoms with E-state index in [1.165, 1.54) is 54.3 Å². The number of carbonyl (C=O) groups is 1. The molecule has 5 N–H and O–H groups in total. The summed E-state index contributed by atoms with van der Waals surface area (Å²) in [6.07, 6.45) is 5.33. The van der Waals surface area contributed by atoms with Gasteiger partial charge in [0.05, 0.1) is 54.2 Å². The first-order valence-corrected chi connectivity index (χ1v) is 15.4. The van der Waals surface area contributed by atoms with E-state index in [2.05, 4.69) is 20.5 Å². The van der Waals surface area contributed by atoms with Gasteiger partial charge in [-0.25, -0.2) is 28.4 Å². The molecule has 0 radical (unpaired) electrons. The Morgan fingerprint density at radius 3 is 2.57 bits per heavy atom. The molecule has 0 spiro atoms. The number of amides is 1. The van der Waals surface area contributed by atoms with Crippen molar-refractivity contribution in [2.75, 3.05) is 30.3 Å². The summed E-state index contributed by atoms with van der Waals surface area (Å²) in [5.74, 6) is -3.09. The van der Waals surface area contributed by atoms with Crippen LogP contribution in [0, 0.1) is 17.5 Å². The molecule has 1 aliphatic carbocycles. The molecule has 0 atom stereocenters. The quantitative estimate of drug-likeness (QED) is 0.115. The number of halogens is 3. The number of fused-ring (bicyclic) bond motifs is 1. The fraction of sp³-hybridized carbons (Fsp3) is 0.310. The fourth-order valence-corrected chi connectivity index (χ4v) is 5.79. The lowest BCUT2D eigenvalue weighted by atomic mass is 9.97. The molecule has 4 aromatic rings. The lowest BCUT2D eigenvalue weighted by molar-refractivity contribution is 0.0169. The number of aliphatic hydroxyl groups excluding tert-OH is 1. The average molecular weight is 633 g/mol. The topological polar surface area (TPSA) is 147 Å². The standard InChI is InChI=1S/C29H31F3N6O5S/c1-33-44(41,42)37-23-8-4-7-19(25(23)31)15-38-16-34-28-24(38)14-20(29(40)36-43-12-11-39)27(26(28)32)35-22-10-9-18(13-21(22)30)17-5-2-3-6-17/h4,7-10,13-14,16-17,33,35,37,39H,2-3,5-6,11-12,15H2,1H3,(H,36,40). The summed E-state index contributed by atoms with van der Waals surface area (Å²) in [6.45, 7) is -0.830. The Hall–Kier alpha value is -4.18. The van der Waals surface area contributed by atoms with Crippen molar-refractivity contribution in [3.8, 4) is 0 Å². The molecule has 0 aliphatic heterocycles. The highest BCUT2D eigenvalue weighted by Gasteiger charge is 2.25. The van der Waals surface area contributed by atoms with Crippen molar-refractivity contribution in [1.29, 1.82) is 0 Å². The Balaban J connectivity index is 1.52. The van der Waals surface area contributed by atoms with E-state index in [0.29, 0.717) is 0 Å². The van der Waals surface area contributed by atoms with Crippen molar-refractivity contribution in [2.24, 2.45) is 0 Å². The average Bonchev–Trinajstić information content (AvgIpc) is 3.68. The number of hydroxylamine groups is 1. The summed E-state index contributed by atoms with van der Waals surface area (Å²) in [7, 11) is -2.83. The molecule has 0 saturated heterocycles. The molecule has 234 valence electrons. The number of rotatable bonds is 12. The van der Waals surface area contributed by atoms with Gasteiger partial charge in [0, 0.05) is 12.6 Å². The first-order valence-electron chi connectivity index (χ1n) is 13.9. The summed E-state index contributed by atoms with van der Waals surface area (Å²) in [4.78, 5) is 22.2. The van der Waals surface area contributed by atoms with Crippen molar-refractivity contribution in [3.63, 3.8) is 0 Å². The predicted octanol–water partition coefficient (Wildman–Crippen LogP) is 4.43. The zero-order chi connectivity index (χ0) is 31.4. The number of hydrogen-bond acceptors (Lipinski definition) is 7. The largest absolute Gasteiger partial charge is 0.394 e. The minimum Gasteiger partial charge on any atom is -0.394 e. The van der Waals surface area contributed by atoms with Crippen LogP contribution in [0.2, 0.25) is 0 Å². The van der Waals surface area contributed by atoms with Crippen LogP contribution >= 0.6 is 0 Å². The van der Waals surface area contributed by atoms with E-state index in [4.69, 9.17) is 9.94 Å². The number of carbonyl (C=O) groups excluding carboxylic acids is 1. The third-order valence-corrected chi connectivity index (χ3v) is 8.50. The zero-order valence-electron chi connectivity index (χ0n) is 23.7.